The fraction of sp³-hybridized carbons (Fsp3) is 0.538. The SMILES string of the molecule is CCCCNCCOc1ccc(C(F)(F)F)cc1. The van der Waals surface area contributed by atoms with Crippen LogP contribution >= 0.6 is 0 Å². The molecule has 0 saturated carbocycles. The van der Waals surface area contributed by atoms with Crippen molar-refractivity contribution in [2.45, 2.75) is 25.9 Å². The van der Waals surface area contributed by atoms with Gasteiger partial charge in [-0.25, -0.2) is 0 Å². The summed E-state index contributed by atoms with van der Waals surface area (Å²) in [6.07, 6.45) is -2.05. The van der Waals surface area contributed by atoms with Gasteiger partial charge in [0.25, 0.3) is 0 Å². The highest BCUT2D eigenvalue weighted by atomic mass is 19.4. The predicted molar refractivity (Wildman–Crippen MR) is 64.7 cm³/mol. The Hall–Kier alpha value is -1.23. The van der Waals surface area contributed by atoms with Gasteiger partial charge < -0.3 is 10.1 Å². The van der Waals surface area contributed by atoms with Crippen LogP contribution in [0.15, 0.2) is 24.3 Å². The van der Waals surface area contributed by atoms with Crippen LogP contribution in [0, 0.1) is 0 Å². The molecular weight excluding hydrogens is 243 g/mol. The lowest BCUT2D eigenvalue weighted by molar-refractivity contribution is -0.137. The van der Waals surface area contributed by atoms with Crippen LogP contribution in [0.2, 0.25) is 0 Å². The summed E-state index contributed by atoms with van der Waals surface area (Å²) in [5, 5.41) is 3.19. The normalized spacial score (nSPS) is 11.6. The first-order chi connectivity index (χ1) is 8.54. The molecule has 5 heteroatoms. The second kappa shape index (κ2) is 7.26. The van der Waals surface area contributed by atoms with E-state index in [1.54, 1.807) is 0 Å². The predicted octanol–water partition coefficient (Wildman–Crippen LogP) is 3.47. The van der Waals surface area contributed by atoms with Gasteiger partial charge in [-0.15, -0.1) is 0 Å². The minimum Gasteiger partial charge on any atom is -0.492 e. The van der Waals surface area contributed by atoms with Crippen LogP contribution in [0.25, 0.3) is 0 Å². The molecule has 0 amide bonds. The van der Waals surface area contributed by atoms with Gasteiger partial charge in [0.05, 0.1) is 5.56 Å². The van der Waals surface area contributed by atoms with Gasteiger partial charge in [0, 0.05) is 6.54 Å². The van der Waals surface area contributed by atoms with Gasteiger partial charge in [0.1, 0.15) is 12.4 Å². The van der Waals surface area contributed by atoms with Crippen LogP contribution in [-0.2, 0) is 6.18 Å². The van der Waals surface area contributed by atoms with Crippen molar-refractivity contribution in [3.8, 4) is 5.75 Å². The standard InChI is InChI=1S/C13H18F3NO/c1-2-3-8-17-9-10-18-12-6-4-11(5-7-12)13(14,15)16/h4-7,17H,2-3,8-10H2,1H3. The van der Waals surface area contributed by atoms with Crippen molar-refractivity contribution in [1.82, 2.24) is 5.32 Å². The van der Waals surface area contributed by atoms with Crippen molar-refractivity contribution >= 4 is 0 Å². The number of ether oxygens (including phenoxy) is 1. The van der Waals surface area contributed by atoms with E-state index in [-0.39, 0.29) is 0 Å². The number of hydrogen-bond donors (Lipinski definition) is 1. The summed E-state index contributed by atoms with van der Waals surface area (Å²) in [6.45, 7) is 4.20. The molecule has 0 bridgehead atoms. The van der Waals surface area contributed by atoms with E-state index in [1.807, 2.05) is 0 Å². The average molecular weight is 261 g/mol. The highest BCUT2D eigenvalue weighted by Crippen LogP contribution is 2.30. The minimum absolute atomic E-state index is 0.453. The van der Waals surface area contributed by atoms with Crippen LogP contribution in [0.3, 0.4) is 0 Å². The monoisotopic (exact) mass is 261 g/mol. The summed E-state index contributed by atoms with van der Waals surface area (Å²) in [4.78, 5) is 0. The molecule has 0 heterocycles. The summed E-state index contributed by atoms with van der Waals surface area (Å²) >= 11 is 0. The van der Waals surface area contributed by atoms with Gasteiger partial charge in [-0.2, -0.15) is 13.2 Å². The molecule has 0 unspecified atom stereocenters. The van der Waals surface area contributed by atoms with Crippen LogP contribution in [0.1, 0.15) is 25.3 Å². The molecule has 1 aromatic carbocycles. The molecule has 102 valence electrons. The Morgan fingerprint density at radius 1 is 1.11 bits per heavy atom. The highest BCUT2D eigenvalue weighted by molar-refractivity contribution is 5.28. The molecular formula is C13H18F3NO. The molecule has 1 N–H and O–H groups in total. The maximum absolute atomic E-state index is 12.3. The van der Waals surface area contributed by atoms with Crippen molar-refractivity contribution in [2.75, 3.05) is 19.7 Å². The second-order valence-electron chi connectivity index (χ2n) is 3.97. The van der Waals surface area contributed by atoms with Gasteiger partial charge in [0.2, 0.25) is 0 Å². The van der Waals surface area contributed by atoms with Crippen molar-refractivity contribution in [3.63, 3.8) is 0 Å². The molecule has 2 nitrogen and oxygen atoms in total. The Morgan fingerprint density at radius 2 is 1.78 bits per heavy atom. The lowest BCUT2D eigenvalue weighted by atomic mass is 10.2. The highest BCUT2D eigenvalue weighted by Gasteiger charge is 2.29. The molecule has 0 aromatic heterocycles. The lowest BCUT2D eigenvalue weighted by Crippen LogP contribution is -2.21. The van der Waals surface area contributed by atoms with E-state index in [0.29, 0.717) is 18.9 Å². The van der Waals surface area contributed by atoms with Gasteiger partial charge in [-0.05, 0) is 37.2 Å². The second-order valence-corrected chi connectivity index (χ2v) is 3.97. The molecule has 18 heavy (non-hydrogen) atoms. The maximum atomic E-state index is 12.3. The van der Waals surface area contributed by atoms with E-state index in [1.165, 1.54) is 12.1 Å². The number of halogens is 3. The van der Waals surface area contributed by atoms with Crippen LogP contribution < -0.4 is 10.1 Å². The van der Waals surface area contributed by atoms with Crippen LogP contribution in [-0.4, -0.2) is 19.7 Å². The third-order valence-electron chi connectivity index (χ3n) is 2.44. The number of alkyl halides is 3. The molecule has 0 aliphatic carbocycles. The Labute approximate surface area is 105 Å². The summed E-state index contributed by atoms with van der Waals surface area (Å²) in [5.74, 6) is 0.459. The Kier molecular flexibility index (Phi) is 5.98. The average Bonchev–Trinajstić information content (AvgIpc) is 2.33. The molecule has 0 spiro atoms. The molecule has 0 saturated heterocycles. The zero-order valence-corrected chi connectivity index (χ0v) is 10.4. The van der Waals surface area contributed by atoms with Gasteiger partial charge >= 0.3 is 6.18 Å². The van der Waals surface area contributed by atoms with Gasteiger partial charge in [-0.3, -0.25) is 0 Å². The fourth-order valence-electron chi connectivity index (χ4n) is 1.41. The van der Waals surface area contributed by atoms with E-state index in [2.05, 4.69) is 12.2 Å². The van der Waals surface area contributed by atoms with Crippen molar-refractivity contribution < 1.29 is 17.9 Å². The fourth-order valence-corrected chi connectivity index (χ4v) is 1.41. The molecule has 0 aliphatic rings. The van der Waals surface area contributed by atoms with E-state index >= 15 is 0 Å². The number of benzene rings is 1. The third kappa shape index (κ3) is 5.40. The first-order valence-corrected chi connectivity index (χ1v) is 6.05. The Morgan fingerprint density at radius 3 is 2.33 bits per heavy atom. The topological polar surface area (TPSA) is 21.3 Å². The van der Waals surface area contributed by atoms with Crippen molar-refractivity contribution in [3.05, 3.63) is 29.8 Å². The van der Waals surface area contributed by atoms with E-state index < -0.39 is 11.7 Å². The molecule has 0 radical (unpaired) electrons. The van der Waals surface area contributed by atoms with E-state index in [9.17, 15) is 13.2 Å². The minimum atomic E-state index is -4.29. The Balaban J connectivity index is 2.27. The largest absolute Gasteiger partial charge is 0.492 e. The lowest BCUT2D eigenvalue weighted by Gasteiger charge is -2.09. The first-order valence-electron chi connectivity index (χ1n) is 6.05. The third-order valence-corrected chi connectivity index (χ3v) is 2.44. The van der Waals surface area contributed by atoms with Gasteiger partial charge in [0.15, 0.2) is 0 Å². The van der Waals surface area contributed by atoms with E-state index in [4.69, 9.17) is 4.74 Å². The number of nitrogens with one attached hydrogen (secondary N) is 1. The zero-order valence-electron chi connectivity index (χ0n) is 10.4. The number of rotatable bonds is 7. The Bertz CT molecular complexity index is 335. The van der Waals surface area contributed by atoms with Gasteiger partial charge in [-0.1, -0.05) is 13.3 Å². The maximum Gasteiger partial charge on any atom is 0.416 e. The smallest absolute Gasteiger partial charge is 0.416 e. The summed E-state index contributed by atoms with van der Waals surface area (Å²) in [6, 6.07) is 4.74. The van der Waals surface area contributed by atoms with E-state index in [0.717, 1.165) is 31.5 Å². The molecule has 0 fully saturated rings. The molecule has 1 rings (SSSR count). The first kappa shape index (κ1) is 14.8. The summed E-state index contributed by atoms with van der Waals surface area (Å²) in [7, 11) is 0. The molecule has 0 atom stereocenters. The van der Waals surface area contributed by atoms with Crippen LogP contribution in [0.4, 0.5) is 13.2 Å². The number of hydrogen-bond acceptors (Lipinski definition) is 2. The molecule has 0 aliphatic heterocycles. The summed E-state index contributed by atoms with van der Waals surface area (Å²) in [5.41, 5.74) is -0.657. The summed E-state index contributed by atoms with van der Waals surface area (Å²) < 4.78 is 42.2. The van der Waals surface area contributed by atoms with Crippen molar-refractivity contribution in [1.29, 1.82) is 0 Å². The van der Waals surface area contributed by atoms with Crippen LogP contribution in [0.5, 0.6) is 5.75 Å². The number of unbranched alkanes of at least 4 members (excludes halogenated alkanes) is 1. The van der Waals surface area contributed by atoms with Crippen molar-refractivity contribution in [2.24, 2.45) is 0 Å². The quantitative estimate of drug-likeness (QED) is 0.759. The molecule has 1 aromatic rings. The zero-order chi connectivity index (χ0) is 13.4.